The average Bonchev–Trinajstić information content (AvgIpc) is 2.18. The van der Waals surface area contributed by atoms with E-state index in [0.29, 0.717) is 13.0 Å². The van der Waals surface area contributed by atoms with Gasteiger partial charge in [0.1, 0.15) is 5.60 Å². The van der Waals surface area contributed by atoms with Crippen LogP contribution in [-0.2, 0) is 14.3 Å². The Kier molecular flexibility index (Phi) is 8.16. The normalized spacial score (nSPS) is 11.1. The molecule has 0 atom stereocenters. The first-order valence-corrected chi connectivity index (χ1v) is 6.39. The molecule has 0 aromatic heterocycles. The standard InChI is InChI=1S/C13H24O5/c1-13(2,3)18-12(16)17-10-8-6-4-5-7-9-11(14)15/h4-10H2,1-3H3,(H,14,15). The number of hydrogen-bond donors (Lipinski definition) is 1. The third-order valence-corrected chi connectivity index (χ3v) is 2.14. The molecule has 0 amide bonds. The zero-order chi connectivity index (χ0) is 14.0. The molecular weight excluding hydrogens is 236 g/mol. The van der Waals surface area contributed by atoms with Gasteiger partial charge in [-0.3, -0.25) is 4.79 Å². The van der Waals surface area contributed by atoms with Gasteiger partial charge in [-0.1, -0.05) is 19.3 Å². The molecule has 0 aliphatic rings. The highest BCUT2D eigenvalue weighted by atomic mass is 16.7. The number of aliphatic carboxylic acids is 1. The van der Waals surface area contributed by atoms with Gasteiger partial charge < -0.3 is 14.6 Å². The molecule has 5 nitrogen and oxygen atoms in total. The lowest BCUT2D eigenvalue weighted by atomic mass is 10.1. The third-order valence-electron chi connectivity index (χ3n) is 2.14. The highest BCUT2D eigenvalue weighted by molar-refractivity contribution is 5.66. The van der Waals surface area contributed by atoms with Crippen LogP contribution in [0.5, 0.6) is 0 Å². The third kappa shape index (κ3) is 12.8. The number of carbonyl (C=O) groups excluding carboxylic acids is 1. The lowest BCUT2D eigenvalue weighted by molar-refractivity contribution is -0.137. The number of unbranched alkanes of at least 4 members (excludes halogenated alkanes) is 4. The van der Waals surface area contributed by atoms with Gasteiger partial charge in [0, 0.05) is 6.42 Å². The highest BCUT2D eigenvalue weighted by Gasteiger charge is 2.16. The molecule has 0 aliphatic heterocycles. The molecule has 0 saturated heterocycles. The summed E-state index contributed by atoms with van der Waals surface area (Å²) in [6.07, 6.45) is 3.89. The Morgan fingerprint density at radius 3 is 2.11 bits per heavy atom. The maximum atomic E-state index is 11.2. The molecule has 0 heterocycles. The van der Waals surface area contributed by atoms with Crippen LogP contribution in [-0.4, -0.2) is 29.4 Å². The second-order valence-corrected chi connectivity index (χ2v) is 5.22. The van der Waals surface area contributed by atoms with Crippen molar-refractivity contribution in [3.8, 4) is 0 Å². The number of rotatable bonds is 8. The quantitative estimate of drug-likeness (QED) is 0.535. The van der Waals surface area contributed by atoms with Crippen LogP contribution >= 0.6 is 0 Å². The van der Waals surface area contributed by atoms with Gasteiger partial charge in [0.25, 0.3) is 0 Å². The van der Waals surface area contributed by atoms with Crippen molar-refractivity contribution in [2.24, 2.45) is 0 Å². The minimum atomic E-state index is -0.747. The maximum absolute atomic E-state index is 11.2. The Morgan fingerprint density at radius 1 is 1.00 bits per heavy atom. The monoisotopic (exact) mass is 260 g/mol. The molecule has 0 bridgehead atoms. The van der Waals surface area contributed by atoms with Crippen LogP contribution in [0, 0.1) is 0 Å². The van der Waals surface area contributed by atoms with Gasteiger partial charge in [-0.15, -0.1) is 0 Å². The second kappa shape index (κ2) is 8.78. The SMILES string of the molecule is CC(C)(C)OC(=O)OCCCCCCCC(=O)O. The van der Waals surface area contributed by atoms with Gasteiger partial charge >= 0.3 is 12.1 Å². The largest absolute Gasteiger partial charge is 0.508 e. The van der Waals surface area contributed by atoms with Gasteiger partial charge in [0.2, 0.25) is 0 Å². The summed E-state index contributed by atoms with van der Waals surface area (Å²) in [5, 5.41) is 8.44. The van der Waals surface area contributed by atoms with Crippen LogP contribution in [0.4, 0.5) is 4.79 Å². The summed E-state index contributed by atoms with van der Waals surface area (Å²) < 4.78 is 9.89. The summed E-state index contributed by atoms with van der Waals surface area (Å²) in [6.45, 7) is 5.72. The van der Waals surface area contributed by atoms with E-state index in [4.69, 9.17) is 14.6 Å². The predicted octanol–water partition coefficient (Wildman–Crippen LogP) is 3.36. The van der Waals surface area contributed by atoms with Crippen LogP contribution in [0.1, 0.15) is 59.3 Å². The van der Waals surface area contributed by atoms with Crippen molar-refractivity contribution in [3.63, 3.8) is 0 Å². The number of carboxylic acid groups (broad SMARTS) is 1. The Balaban J connectivity index is 3.30. The Labute approximate surface area is 108 Å². The molecule has 0 aromatic carbocycles. The summed E-state index contributed by atoms with van der Waals surface area (Å²) in [4.78, 5) is 21.4. The predicted molar refractivity (Wildman–Crippen MR) is 67.5 cm³/mol. The van der Waals surface area contributed by atoms with Crippen molar-refractivity contribution in [1.29, 1.82) is 0 Å². The summed E-state index contributed by atoms with van der Waals surface area (Å²) >= 11 is 0. The molecular formula is C13H24O5. The van der Waals surface area contributed by atoms with E-state index in [9.17, 15) is 9.59 Å². The van der Waals surface area contributed by atoms with E-state index in [1.807, 2.05) is 0 Å². The Bertz CT molecular complexity index is 255. The molecule has 0 rings (SSSR count). The maximum Gasteiger partial charge on any atom is 0.508 e. The summed E-state index contributed by atoms with van der Waals surface area (Å²) in [5.74, 6) is -0.747. The van der Waals surface area contributed by atoms with Gasteiger partial charge in [0.15, 0.2) is 0 Å². The van der Waals surface area contributed by atoms with Crippen molar-refractivity contribution in [2.75, 3.05) is 6.61 Å². The summed E-state index contributed by atoms with van der Waals surface area (Å²) in [7, 11) is 0. The molecule has 0 aliphatic carbocycles. The van der Waals surface area contributed by atoms with E-state index < -0.39 is 17.7 Å². The highest BCUT2D eigenvalue weighted by Crippen LogP contribution is 2.09. The van der Waals surface area contributed by atoms with Gasteiger partial charge in [0.05, 0.1) is 6.61 Å². The molecule has 0 spiro atoms. The minimum absolute atomic E-state index is 0.231. The molecule has 0 radical (unpaired) electrons. The summed E-state index contributed by atoms with van der Waals surface area (Å²) in [6, 6.07) is 0. The van der Waals surface area contributed by atoms with Crippen LogP contribution < -0.4 is 0 Å². The average molecular weight is 260 g/mol. The van der Waals surface area contributed by atoms with E-state index in [-0.39, 0.29) is 6.42 Å². The molecule has 0 unspecified atom stereocenters. The number of ether oxygens (including phenoxy) is 2. The number of carbonyl (C=O) groups is 2. The molecule has 0 fully saturated rings. The molecule has 0 aromatic rings. The van der Waals surface area contributed by atoms with Gasteiger partial charge in [-0.25, -0.2) is 4.79 Å². The fourth-order valence-electron chi connectivity index (χ4n) is 1.34. The van der Waals surface area contributed by atoms with Crippen LogP contribution in [0.25, 0.3) is 0 Å². The molecule has 0 saturated carbocycles. The smallest absolute Gasteiger partial charge is 0.481 e. The van der Waals surface area contributed by atoms with E-state index in [0.717, 1.165) is 25.7 Å². The number of hydrogen-bond acceptors (Lipinski definition) is 4. The Morgan fingerprint density at radius 2 is 1.56 bits per heavy atom. The van der Waals surface area contributed by atoms with Crippen molar-refractivity contribution in [1.82, 2.24) is 0 Å². The zero-order valence-electron chi connectivity index (χ0n) is 11.5. The van der Waals surface area contributed by atoms with E-state index in [1.165, 1.54) is 0 Å². The van der Waals surface area contributed by atoms with Gasteiger partial charge in [-0.05, 0) is 33.6 Å². The minimum Gasteiger partial charge on any atom is -0.481 e. The van der Waals surface area contributed by atoms with Crippen molar-refractivity contribution in [3.05, 3.63) is 0 Å². The lowest BCUT2D eigenvalue weighted by Gasteiger charge is -2.18. The van der Waals surface area contributed by atoms with Crippen molar-refractivity contribution >= 4 is 12.1 Å². The molecule has 5 heteroatoms. The van der Waals surface area contributed by atoms with Crippen LogP contribution in [0.2, 0.25) is 0 Å². The van der Waals surface area contributed by atoms with Crippen molar-refractivity contribution in [2.45, 2.75) is 64.9 Å². The lowest BCUT2D eigenvalue weighted by Crippen LogP contribution is -2.24. The van der Waals surface area contributed by atoms with Crippen LogP contribution in [0.15, 0.2) is 0 Å². The Hall–Kier alpha value is -1.26. The van der Waals surface area contributed by atoms with E-state index >= 15 is 0 Å². The summed E-state index contributed by atoms with van der Waals surface area (Å²) in [5.41, 5.74) is -0.520. The first-order chi connectivity index (χ1) is 8.31. The molecule has 106 valence electrons. The molecule has 18 heavy (non-hydrogen) atoms. The van der Waals surface area contributed by atoms with E-state index in [2.05, 4.69) is 0 Å². The first-order valence-electron chi connectivity index (χ1n) is 6.39. The molecule has 1 N–H and O–H groups in total. The topological polar surface area (TPSA) is 72.8 Å². The van der Waals surface area contributed by atoms with Gasteiger partial charge in [-0.2, -0.15) is 0 Å². The van der Waals surface area contributed by atoms with E-state index in [1.54, 1.807) is 20.8 Å². The second-order valence-electron chi connectivity index (χ2n) is 5.22. The fraction of sp³-hybridized carbons (Fsp3) is 0.846. The number of carboxylic acids is 1. The zero-order valence-corrected chi connectivity index (χ0v) is 11.5. The fourth-order valence-corrected chi connectivity index (χ4v) is 1.34. The van der Waals surface area contributed by atoms with Crippen LogP contribution in [0.3, 0.4) is 0 Å². The first kappa shape index (κ1) is 16.7. The van der Waals surface area contributed by atoms with Crippen molar-refractivity contribution < 1.29 is 24.2 Å².